The molecule has 0 aliphatic carbocycles. The molecule has 1 aliphatic heterocycles. The maximum Gasteiger partial charge on any atom is 0.411 e. The zero-order chi connectivity index (χ0) is 14.2. The number of carbonyl (C=O) groups excluding carboxylic acids is 2. The Kier molecular flexibility index (Phi) is 3.22. The van der Waals surface area contributed by atoms with Gasteiger partial charge in [0.2, 0.25) is 0 Å². The summed E-state index contributed by atoms with van der Waals surface area (Å²) in [6, 6.07) is 4.59. The van der Waals surface area contributed by atoms with E-state index in [0.717, 1.165) is 5.56 Å². The van der Waals surface area contributed by atoms with Gasteiger partial charge < -0.3 is 9.84 Å². The summed E-state index contributed by atoms with van der Waals surface area (Å²) in [4.78, 5) is 25.3. The molecule has 102 valence electrons. The Morgan fingerprint density at radius 2 is 2.00 bits per heavy atom. The lowest BCUT2D eigenvalue weighted by Crippen LogP contribution is -2.42. The fourth-order valence-corrected chi connectivity index (χ4v) is 1.94. The Balaban J connectivity index is 2.19. The Labute approximate surface area is 111 Å². The second kappa shape index (κ2) is 4.57. The topological polar surface area (TPSA) is 66.8 Å². The highest BCUT2D eigenvalue weighted by atomic mass is 16.6. The van der Waals surface area contributed by atoms with Gasteiger partial charge in [-0.05, 0) is 38.5 Å². The molecule has 0 fully saturated rings. The third kappa shape index (κ3) is 3.05. The molecule has 19 heavy (non-hydrogen) atoms. The molecule has 0 bridgehead atoms. The summed E-state index contributed by atoms with van der Waals surface area (Å²) in [6.07, 6.45) is -0.500. The van der Waals surface area contributed by atoms with Crippen molar-refractivity contribution in [2.75, 3.05) is 6.54 Å². The highest BCUT2D eigenvalue weighted by Crippen LogP contribution is 2.24. The number of aromatic hydroxyl groups is 1. The van der Waals surface area contributed by atoms with Crippen molar-refractivity contribution in [3.8, 4) is 5.75 Å². The molecule has 5 nitrogen and oxygen atoms in total. The van der Waals surface area contributed by atoms with Crippen LogP contribution in [0.25, 0.3) is 0 Å². The molecule has 1 amide bonds. The predicted molar refractivity (Wildman–Crippen MR) is 69.1 cm³/mol. The number of Topliss-reactive ketones (excluding diaryl/α,β-unsaturated/α-hetero) is 1. The van der Waals surface area contributed by atoms with Crippen molar-refractivity contribution >= 4 is 11.9 Å². The smallest absolute Gasteiger partial charge is 0.411 e. The Hall–Kier alpha value is -2.04. The highest BCUT2D eigenvalue weighted by Gasteiger charge is 2.29. The maximum atomic E-state index is 12.0. The number of ketones is 1. The number of rotatable bonds is 0. The van der Waals surface area contributed by atoms with Crippen LogP contribution in [0.3, 0.4) is 0 Å². The van der Waals surface area contributed by atoms with E-state index in [1.54, 1.807) is 26.8 Å². The normalized spacial score (nSPS) is 15.1. The number of hydrogen-bond donors (Lipinski definition) is 1. The van der Waals surface area contributed by atoms with Crippen molar-refractivity contribution in [3.63, 3.8) is 0 Å². The van der Waals surface area contributed by atoms with Gasteiger partial charge in [-0.3, -0.25) is 9.69 Å². The molecular weight excluding hydrogens is 246 g/mol. The van der Waals surface area contributed by atoms with Gasteiger partial charge in [-0.25, -0.2) is 4.79 Å². The van der Waals surface area contributed by atoms with Gasteiger partial charge in [-0.1, -0.05) is 6.07 Å². The van der Waals surface area contributed by atoms with Crippen LogP contribution >= 0.6 is 0 Å². The standard InChI is InChI=1S/C14H17NO4/c1-14(2,3)19-13(18)15-7-9-4-5-10(16)6-11(9)12(17)8-15/h4-6,16H,7-8H2,1-3H3. The van der Waals surface area contributed by atoms with Crippen LogP contribution in [0.1, 0.15) is 36.7 Å². The molecular formula is C14H17NO4. The van der Waals surface area contributed by atoms with Crippen molar-refractivity contribution in [1.82, 2.24) is 4.90 Å². The molecule has 5 heteroatoms. The largest absolute Gasteiger partial charge is 0.508 e. The van der Waals surface area contributed by atoms with E-state index in [4.69, 9.17) is 4.74 Å². The lowest BCUT2D eigenvalue weighted by molar-refractivity contribution is 0.0220. The lowest BCUT2D eigenvalue weighted by Gasteiger charge is -2.30. The molecule has 2 rings (SSSR count). The molecule has 0 saturated heterocycles. The van der Waals surface area contributed by atoms with Gasteiger partial charge in [0.25, 0.3) is 0 Å². The highest BCUT2D eigenvalue weighted by molar-refractivity contribution is 6.01. The van der Waals surface area contributed by atoms with Crippen molar-refractivity contribution in [1.29, 1.82) is 0 Å². The lowest BCUT2D eigenvalue weighted by atomic mass is 9.98. The molecule has 1 aromatic carbocycles. The maximum absolute atomic E-state index is 12.0. The summed E-state index contributed by atoms with van der Waals surface area (Å²) in [6.45, 7) is 5.63. The minimum absolute atomic E-state index is 0.0225. The second-order valence-electron chi connectivity index (χ2n) is 5.60. The fraction of sp³-hybridized carbons (Fsp3) is 0.429. The predicted octanol–water partition coefficient (Wildman–Crippen LogP) is 2.33. The molecule has 1 aromatic rings. The molecule has 1 aliphatic rings. The van der Waals surface area contributed by atoms with Crippen LogP contribution in [0.4, 0.5) is 4.79 Å². The van der Waals surface area contributed by atoms with E-state index in [1.165, 1.54) is 17.0 Å². The van der Waals surface area contributed by atoms with Crippen LogP contribution in [-0.4, -0.2) is 34.0 Å². The van der Waals surface area contributed by atoms with E-state index in [0.29, 0.717) is 12.1 Å². The number of nitrogens with zero attached hydrogens (tertiary/aromatic N) is 1. The number of carbonyl (C=O) groups is 2. The third-order valence-electron chi connectivity index (χ3n) is 2.74. The molecule has 0 aromatic heterocycles. The van der Waals surface area contributed by atoms with E-state index in [1.807, 2.05) is 0 Å². The van der Waals surface area contributed by atoms with Crippen LogP contribution in [-0.2, 0) is 11.3 Å². The first-order chi connectivity index (χ1) is 8.76. The van der Waals surface area contributed by atoms with Gasteiger partial charge in [0.05, 0.1) is 13.1 Å². The number of hydrogen-bond acceptors (Lipinski definition) is 4. The number of phenolic OH excluding ortho intramolecular Hbond substituents is 1. The van der Waals surface area contributed by atoms with E-state index in [2.05, 4.69) is 0 Å². The first-order valence-corrected chi connectivity index (χ1v) is 6.09. The van der Waals surface area contributed by atoms with E-state index < -0.39 is 11.7 Å². The molecule has 0 unspecified atom stereocenters. The zero-order valence-corrected chi connectivity index (χ0v) is 11.3. The Bertz CT molecular complexity index is 531. The zero-order valence-electron chi connectivity index (χ0n) is 11.3. The minimum atomic E-state index is -0.588. The Morgan fingerprint density at radius 3 is 2.63 bits per heavy atom. The Morgan fingerprint density at radius 1 is 1.32 bits per heavy atom. The van der Waals surface area contributed by atoms with Gasteiger partial charge in [0, 0.05) is 5.56 Å². The monoisotopic (exact) mass is 263 g/mol. The quantitative estimate of drug-likeness (QED) is 0.780. The summed E-state index contributed by atoms with van der Waals surface area (Å²) in [7, 11) is 0. The van der Waals surface area contributed by atoms with Crippen molar-refractivity contribution in [2.45, 2.75) is 32.9 Å². The molecule has 0 radical (unpaired) electrons. The fourth-order valence-electron chi connectivity index (χ4n) is 1.94. The first kappa shape index (κ1) is 13.4. The van der Waals surface area contributed by atoms with E-state index in [9.17, 15) is 14.7 Å². The molecule has 0 saturated carbocycles. The van der Waals surface area contributed by atoms with Gasteiger partial charge in [-0.2, -0.15) is 0 Å². The van der Waals surface area contributed by atoms with Gasteiger partial charge >= 0.3 is 6.09 Å². The van der Waals surface area contributed by atoms with Crippen molar-refractivity contribution in [2.24, 2.45) is 0 Å². The van der Waals surface area contributed by atoms with E-state index in [-0.39, 0.29) is 18.1 Å². The summed E-state index contributed by atoms with van der Waals surface area (Å²) in [5.41, 5.74) is 0.606. The third-order valence-corrected chi connectivity index (χ3v) is 2.74. The van der Waals surface area contributed by atoms with Gasteiger partial charge in [0.1, 0.15) is 11.4 Å². The van der Waals surface area contributed by atoms with Crippen molar-refractivity contribution in [3.05, 3.63) is 29.3 Å². The van der Waals surface area contributed by atoms with Gasteiger partial charge in [0.15, 0.2) is 5.78 Å². The molecule has 0 spiro atoms. The summed E-state index contributed by atoms with van der Waals surface area (Å²) >= 11 is 0. The SMILES string of the molecule is CC(C)(C)OC(=O)N1CC(=O)c2cc(O)ccc2C1. The number of ether oxygens (including phenoxy) is 1. The second-order valence-corrected chi connectivity index (χ2v) is 5.60. The number of phenols is 1. The van der Waals surface area contributed by atoms with Crippen LogP contribution < -0.4 is 0 Å². The van der Waals surface area contributed by atoms with Crippen molar-refractivity contribution < 1.29 is 19.4 Å². The van der Waals surface area contributed by atoms with Gasteiger partial charge in [-0.15, -0.1) is 0 Å². The first-order valence-electron chi connectivity index (χ1n) is 6.09. The summed E-state index contributed by atoms with van der Waals surface area (Å²) in [5.74, 6) is -0.138. The summed E-state index contributed by atoms with van der Waals surface area (Å²) in [5, 5.41) is 9.38. The number of fused-ring (bicyclic) bond motifs is 1. The average Bonchev–Trinajstić information content (AvgIpc) is 2.27. The average molecular weight is 263 g/mol. The number of benzene rings is 1. The molecule has 0 atom stereocenters. The van der Waals surface area contributed by atoms with E-state index >= 15 is 0 Å². The van der Waals surface area contributed by atoms with Crippen LogP contribution in [0, 0.1) is 0 Å². The molecule has 1 N–H and O–H groups in total. The van der Waals surface area contributed by atoms with Crippen LogP contribution in [0.2, 0.25) is 0 Å². The number of amides is 1. The summed E-state index contributed by atoms with van der Waals surface area (Å²) < 4.78 is 5.25. The minimum Gasteiger partial charge on any atom is -0.508 e. The van der Waals surface area contributed by atoms with Crippen LogP contribution in [0.5, 0.6) is 5.75 Å². The molecule has 1 heterocycles. The van der Waals surface area contributed by atoms with Crippen LogP contribution in [0.15, 0.2) is 18.2 Å².